The smallest absolute Gasteiger partial charge is 0.0885 e. The monoisotopic (exact) mass is 201 g/mol. The molecular weight excluding hydrogens is 178 g/mol. The van der Waals surface area contributed by atoms with Crippen LogP contribution in [0.1, 0.15) is 19.3 Å². The molecule has 0 aromatic carbocycles. The first-order chi connectivity index (χ1) is 6.85. The van der Waals surface area contributed by atoms with Gasteiger partial charge >= 0.3 is 0 Å². The van der Waals surface area contributed by atoms with Gasteiger partial charge in [0.2, 0.25) is 0 Å². The number of rotatable bonds is 5. The molecule has 1 fully saturated rings. The summed E-state index contributed by atoms with van der Waals surface area (Å²) in [6.07, 6.45) is 4.92. The highest BCUT2D eigenvalue weighted by Crippen LogP contribution is 2.01. The van der Waals surface area contributed by atoms with Crippen molar-refractivity contribution in [2.24, 2.45) is 11.5 Å². The van der Waals surface area contributed by atoms with Crippen LogP contribution in [-0.2, 0) is 4.74 Å². The Kier molecular flexibility index (Phi) is 10.1. The lowest BCUT2D eigenvalue weighted by Crippen LogP contribution is -2.29. The molecule has 4 heteroatoms. The Labute approximate surface area is 86.7 Å². The minimum Gasteiger partial charge on any atom is -0.502 e. The summed E-state index contributed by atoms with van der Waals surface area (Å²) in [6.45, 7) is 6.73. The van der Waals surface area contributed by atoms with Crippen molar-refractivity contribution >= 4 is 0 Å². The van der Waals surface area contributed by atoms with E-state index in [-0.39, 0.29) is 0 Å². The summed E-state index contributed by atoms with van der Waals surface area (Å²) in [5, 5.41) is 3.28. The molecule has 0 saturated carbocycles. The molecule has 4 nitrogen and oxygen atoms in total. The van der Waals surface area contributed by atoms with E-state index < -0.39 is 0 Å². The molecule has 1 saturated heterocycles. The Hall–Kier alpha value is -0.580. The summed E-state index contributed by atoms with van der Waals surface area (Å²) in [6, 6.07) is 0.625. The van der Waals surface area contributed by atoms with Gasteiger partial charge in [-0.2, -0.15) is 0 Å². The Morgan fingerprint density at radius 2 is 2.29 bits per heavy atom. The average molecular weight is 201 g/mol. The van der Waals surface area contributed by atoms with Gasteiger partial charge in [-0.15, -0.1) is 0 Å². The van der Waals surface area contributed by atoms with E-state index >= 15 is 0 Å². The van der Waals surface area contributed by atoms with E-state index in [1.165, 1.54) is 25.6 Å². The van der Waals surface area contributed by atoms with Crippen LogP contribution in [0, 0.1) is 0 Å². The SMILES string of the molecule is C=COCCCN.NC[C@@H]1CCCN1. The highest BCUT2D eigenvalue weighted by atomic mass is 16.5. The van der Waals surface area contributed by atoms with Crippen molar-refractivity contribution in [3.8, 4) is 0 Å². The molecule has 84 valence electrons. The lowest BCUT2D eigenvalue weighted by molar-refractivity contribution is 0.248. The van der Waals surface area contributed by atoms with Gasteiger partial charge in [-0.3, -0.25) is 0 Å². The zero-order chi connectivity index (χ0) is 10.6. The van der Waals surface area contributed by atoms with E-state index in [0.29, 0.717) is 19.2 Å². The first kappa shape index (κ1) is 13.4. The number of hydrogen-bond acceptors (Lipinski definition) is 4. The number of nitrogens with two attached hydrogens (primary N) is 2. The van der Waals surface area contributed by atoms with E-state index in [9.17, 15) is 0 Å². The van der Waals surface area contributed by atoms with E-state index in [1.54, 1.807) is 0 Å². The zero-order valence-electron chi connectivity index (χ0n) is 8.87. The van der Waals surface area contributed by atoms with Crippen LogP contribution in [0.25, 0.3) is 0 Å². The van der Waals surface area contributed by atoms with Gasteiger partial charge in [0.15, 0.2) is 0 Å². The van der Waals surface area contributed by atoms with E-state index in [2.05, 4.69) is 11.9 Å². The molecule has 1 rings (SSSR count). The molecule has 1 aliphatic rings. The Morgan fingerprint density at radius 1 is 1.50 bits per heavy atom. The zero-order valence-corrected chi connectivity index (χ0v) is 8.87. The van der Waals surface area contributed by atoms with Crippen LogP contribution < -0.4 is 16.8 Å². The van der Waals surface area contributed by atoms with Gasteiger partial charge in [-0.25, -0.2) is 0 Å². The maximum atomic E-state index is 5.37. The van der Waals surface area contributed by atoms with E-state index in [0.717, 1.165) is 13.0 Å². The fourth-order valence-electron chi connectivity index (χ4n) is 1.21. The summed E-state index contributed by atoms with van der Waals surface area (Å²) < 4.78 is 4.76. The third kappa shape index (κ3) is 8.04. The van der Waals surface area contributed by atoms with Gasteiger partial charge in [0, 0.05) is 12.6 Å². The van der Waals surface area contributed by atoms with Crippen molar-refractivity contribution in [2.45, 2.75) is 25.3 Å². The van der Waals surface area contributed by atoms with Crippen LogP contribution >= 0.6 is 0 Å². The van der Waals surface area contributed by atoms with Gasteiger partial charge in [0.05, 0.1) is 12.9 Å². The fraction of sp³-hybridized carbons (Fsp3) is 0.800. The average Bonchev–Trinajstić information content (AvgIpc) is 2.72. The van der Waals surface area contributed by atoms with Crippen LogP contribution in [0.4, 0.5) is 0 Å². The molecular formula is C10H23N3O. The maximum Gasteiger partial charge on any atom is 0.0885 e. The highest BCUT2D eigenvalue weighted by molar-refractivity contribution is 4.73. The van der Waals surface area contributed by atoms with Crippen molar-refractivity contribution < 1.29 is 4.74 Å². The standard InChI is InChI=1S/C5H12N2.C5H11NO/c6-4-5-2-1-3-7-5;1-2-7-5-3-4-6/h5,7H,1-4,6H2;2H,1,3-6H2/t5-;/m0./s1. The van der Waals surface area contributed by atoms with E-state index in [4.69, 9.17) is 16.2 Å². The highest BCUT2D eigenvalue weighted by Gasteiger charge is 2.09. The molecule has 0 radical (unpaired) electrons. The van der Waals surface area contributed by atoms with Crippen LogP contribution in [0.2, 0.25) is 0 Å². The molecule has 0 amide bonds. The summed E-state index contributed by atoms with van der Waals surface area (Å²) in [7, 11) is 0. The second kappa shape index (κ2) is 10.5. The number of hydrogen-bond donors (Lipinski definition) is 3. The summed E-state index contributed by atoms with van der Waals surface area (Å²) in [4.78, 5) is 0. The molecule has 5 N–H and O–H groups in total. The molecule has 0 aliphatic carbocycles. The second-order valence-electron chi connectivity index (χ2n) is 3.21. The quantitative estimate of drug-likeness (QED) is 0.438. The Bertz CT molecular complexity index is 125. The molecule has 1 heterocycles. The molecule has 0 aromatic rings. The van der Waals surface area contributed by atoms with Gasteiger partial charge in [-0.1, -0.05) is 6.58 Å². The fourth-order valence-corrected chi connectivity index (χ4v) is 1.21. The predicted molar refractivity (Wildman–Crippen MR) is 59.9 cm³/mol. The first-order valence-electron chi connectivity index (χ1n) is 5.21. The van der Waals surface area contributed by atoms with Crippen molar-refractivity contribution in [2.75, 3.05) is 26.2 Å². The normalized spacial score (nSPS) is 19.7. The molecule has 0 aromatic heterocycles. The maximum absolute atomic E-state index is 5.37. The van der Waals surface area contributed by atoms with Crippen molar-refractivity contribution in [3.63, 3.8) is 0 Å². The van der Waals surface area contributed by atoms with Crippen LogP contribution in [0.15, 0.2) is 12.8 Å². The van der Waals surface area contributed by atoms with Gasteiger partial charge in [-0.05, 0) is 32.4 Å². The third-order valence-electron chi connectivity index (χ3n) is 2.03. The summed E-state index contributed by atoms with van der Waals surface area (Å²) >= 11 is 0. The predicted octanol–water partition coefficient (Wildman–Crippen LogP) is 0.192. The molecule has 1 aliphatic heterocycles. The second-order valence-corrected chi connectivity index (χ2v) is 3.21. The first-order valence-corrected chi connectivity index (χ1v) is 5.21. The molecule has 14 heavy (non-hydrogen) atoms. The minimum absolute atomic E-state index is 0.625. The van der Waals surface area contributed by atoms with Gasteiger partial charge in [0.25, 0.3) is 0 Å². The van der Waals surface area contributed by atoms with Crippen LogP contribution in [-0.4, -0.2) is 32.3 Å². The van der Waals surface area contributed by atoms with Gasteiger partial charge < -0.3 is 21.5 Å². The summed E-state index contributed by atoms with van der Waals surface area (Å²) in [5.41, 5.74) is 10.5. The molecule has 1 atom stereocenters. The van der Waals surface area contributed by atoms with Crippen LogP contribution in [0.5, 0.6) is 0 Å². The van der Waals surface area contributed by atoms with Gasteiger partial charge in [0.1, 0.15) is 0 Å². The topological polar surface area (TPSA) is 73.3 Å². The van der Waals surface area contributed by atoms with Crippen molar-refractivity contribution in [3.05, 3.63) is 12.8 Å². The molecule has 0 unspecified atom stereocenters. The van der Waals surface area contributed by atoms with E-state index in [1.807, 2.05) is 0 Å². The largest absolute Gasteiger partial charge is 0.502 e. The molecule has 0 bridgehead atoms. The third-order valence-corrected chi connectivity index (χ3v) is 2.03. The summed E-state index contributed by atoms with van der Waals surface area (Å²) in [5.74, 6) is 0. The Balaban J connectivity index is 0.000000241. The number of ether oxygens (including phenoxy) is 1. The Morgan fingerprint density at radius 3 is 2.64 bits per heavy atom. The lowest BCUT2D eigenvalue weighted by atomic mass is 10.2. The molecule has 0 spiro atoms. The van der Waals surface area contributed by atoms with Crippen molar-refractivity contribution in [1.29, 1.82) is 0 Å². The minimum atomic E-state index is 0.625. The lowest BCUT2D eigenvalue weighted by Gasteiger charge is -2.02. The van der Waals surface area contributed by atoms with Crippen LogP contribution in [0.3, 0.4) is 0 Å². The number of nitrogens with one attached hydrogen (secondary N) is 1. The van der Waals surface area contributed by atoms with Crippen molar-refractivity contribution in [1.82, 2.24) is 5.32 Å².